The minimum atomic E-state index is -0.00398. The summed E-state index contributed by atoms with van der Waals surface area (Å²) in [5.74, 6) is 0.343. The van der Waals surface area contributed by atoms with E-state index in [2.05, 4.69) is 24.1 Å². The molecule has 2 rings (SSSR count). The molecule has 1 aromatic rings. The van der Waals surface area contributed by atoms with Gasteiger partial charge in [0.25, 0.3) is 5.91 Å². The van der Waals surface area contributed by atoms with Gasteiger partial charge in [0.05, 0.1) is 0 Å². The zero-order valence-corrected chi connectivity index (χ0v) is 12.6. The normalized spacial score (nSPS) is 16.2. The van der Waals surface area contributed by atoms with Crippen molar-refractivity contribution in [2.24, 2.45) is 0 Å². The van der Waals surface area contributed by atoms with Gasteiger partial charge in [-0.25, -0.2) is 4.98 Å². The number of nitrogen functional groups attached to an aromatic ring is 1. The summed E-state index contributed by atoms with van der Waals surface area (Å²) in [4.78, 5) is 19.2. The minimum absolute atomic E-state index is 0.00398. The van der Waals surface area contributed by atoms with Gasteiger partial charge in [0, 0.05) is 18.6 Å². The number of aromatic nitrogens is 1. The third-order valence-electron chi connectivity index (χ3n) is 3.48. The molecule has 0 radical (unpaired) electrons. The summed E-state index contributed by atoms with van der Waals surface area (Å²) in [6.07, 6.45) is 3.29. The van der Waals surface area contributed by atoms with E-state index in [9.17, 15) is 4.79 Å². The molecule has 0 bridgehead atoms. The van der Waals surface area contributed by atoms with Crippen molar-refractivity contribution in [3.8, 4) is 0 Å². The number of hydrogen-bond acceptors (Lipinski definition) is 5. The van der Waals surface area contributed by atoms with Crippen LogP contribution >= 0.6 is 11.3 Å². The fraction of sp³-hybridized carbons (Fsp3) is 0.692. The number of carbonyl (C=O) groups excluding carboxylic acids is 1. The quantitative estimate of drug-likeness (QED) is 0.841. The van der Waals surface area contributed by atoms with E-state index in [1.54, 1.807) is 0 Å². The third-order valence-corrected chi connectivity index (χ3v) is 4.47. The van der Waals surface area contributed by atoms with Crippen molar-refractivity contribution in [2.45, 2.75) is 52.1 Å². The molecule has 1 fully saturated rings. The number of amides is 1. The Labute approximate surface area is 118 Å². The number of hydrogen-bond donors (Lipinski definition) is 2. The molecular formula is C13H22N4OS. The number of rotatable bonds is 6. The molecule has 1 aliphatic carbocycles. The highest BCUT2D eigenvalue weighted by Gasteiger charge is 2.26. The van der Waals surface area contributed by atoms with E-state index >= 15 is 0 Å². The summed E-state index contributed by atoms with van der Waals surface area (Å²) < 4.78 is 0. The Bertz CT molecular complexity index is 455. The van der Waals surface area contributed by atoms with Crippen molar-refractivity contribution in [2.75, 3.05) is 17.6 Å². The molecule has 1 amide bonds. The second kappa shape index (κ2) is 5.77. The van der Waals surface area contributed by atoms with Crippen molar-refractivity contribution in [3.05, 3.63) is 4.88 Å². The first-order chi connectivity index (χ1) is 9.06. The standard InChI is InChI=1S/C13H22N4OS/c1-4-8(3)17(5-2)12(18)10-11(14)16-13(19-10)15-9-6-7-9/h8-9H,4-7,14H2,1-3H3,(H,15,16). The zero-order valence-electron chi connectivity index (χ0n) is 11.8. The maximum atomic E-state index is 12.5. The first kappa shape index (κ1) is 14.1. The molecular weight excluding hydrogens is 260 g/mol. The topological polar surface area (TPSA) is 71.2 Å². The molecule has 6 heteroatoms. The summed E-state index contributed by atoms with van der Waals surface area (Å²) in [7, 11) is 0. The lowest BCUT2D eigenvalue weighted by molar-refractivity contribution is 0.0706. The molecule has 0 aromatic carbocycles. The van der Waals surface area contributed by atoms with Gasteiger partial charge in [-0.1, -0.05) is 18.3 Å². The lowest BCUT2D eigenvalue weighted by Crippen LogP contribution is -2.38. The smallest absolute Gasteiger partial charge is 0.268 e. The number of nitrogens with one attached hydrogen (secondary N) is 1. The Kier molecular flexibility index (Phi) is 4.29. The predicted octanol–water partition coefficient (Wildman–Crippen LogP) is 2.56. The predicted molar refractivity (Wildman–Crippen MR) is 79.6 cm³/mol. The molecule has 1 saturated carbocycles. The number of carbonyl (C=O) groups is 1. The Morgan fingerprint density at radius 1 is 1.58 bits per heavy atom. The molecule has 5 nitrogen and oxygen atoms in total. The minimum Gasteiger partial charge on any atom is -0.382 e. The number of thiazole rings is 1. The SMILES string of the molecule is CCC(C)N(CC)C(=O)c1sc(NC2CC2)nc1N. The highest BCUT2D eigenvalue weighted by Crippen LogP contribution is 2.31. The maximum absolute atomic E-state index is 12.5. The molecule has 106 valence electrons. The number of anilines is 2. The van der Waals surface area contributed by atoms with Crippen molar-refractivity contribution in [3.63, 3.8) is 0 Å². The Morgan fingerprint density at radius 2 is 2.26 bits per heavy atom. The van der Waals surface area contributed by atoms with Crippen LogP contribution in [0, 0.1) is 0 Å². The second-order valence-corrected chi connectivity index (χ2v) is 6.00. The van der Waals surface area contributed by atoms with Crippen LogP contribution in [0.2, 0.25) is 0 Å². The molecule has 1 atom stereocenters. The van der Waals surface area contributed by atoms with Gasteiger partial charge in [-0.3, -0.25) is 4.79 Å². The molecule has 1 aromatic heterocycles. The molecule has 3 N–H and O–H groups in total. The summed E-state index contributed by atoms with van der Waals surface area (Å²) in [6.45, 7) is 6.82. The maximum Gasteiger partial charge on any atom is 0.268 e. The summed E-state index contributed by atoms with van der Waals surface area (Å²) in [5, 5.41) is 4.06. The molecule has 1 aliphatic rings. The van der Waals surface area contributed by atoms with Gasteiger partial charge < -0.3 is 16.0 Å². The first-order valence-electron chi connectivity index (χ1n) is 6.90. The van der Waals surface area contributed by atoms with E-state index in [0.29, 0.717) is 23.3 Å². The van der Waals surface area contributed by atoms with Crippen molar-refractivity contribution in [1.29, 1.82) is 0 Å². The van der Waals surface area contributed by atoms with Gasteiger partial charge in [-0.05, 0) is 33.1 Å². The fourth-order valence-corrected chi connectivity index (χ4v) is 2.87. The zero-order chi connectivity index (χ0) is 14.0. The van der Waals surface area contributed by atoms with Crippen LogP contribution in [-0.4, -0.2) is 34.4 Å². The van der Waals surface area contributed by atoms with Crippen molar-refractivity contribution >= 4 is 28.2 Å². The van der Waals surface area contributed by atoms with Gasteiger partial charge in [-0.15, -0.1) is 0 Å². The van der Waals surface area contributed by atoms with Crippen LogP contribution in [0.15, 0.2) is 0 Å². The molecule has 0 spiro atoms. The van der Waals surface area contributed by atoms with Crippen LogP contribution in [0.1, 0.15) is 49.7 Å². The van der Waals surface area contributed by atoms with Gasteiger partial charge in [0.2, 0.25) is 0 Å². The Morgan fingerprint density at radius 3 is 2.79 bits per heavy atom. The Hall–Kier alpha value is -1.30. The third kappa shape index (κ3) is 3.18. The highest BCUT2D eigenvalue weighted by molar-refractivity contribution is 7.18. The van der Waals surface area contributed by atoms with E-state index in [1.807, 2.05) is 11.8 Å². The van der Waals surface area contributed by atoms with E-state index in [0.717, 1.165) is 11.6 Å². The second-order valence-electron chi connectivity index (χ2n) is 5.00. The number of nitrogens with two attached hydrogens (primary N) is 1. The van der Waals surface area contributed by atoms with Crippen LogP contribution in [0.4, 0.5) is 10.9 Å². The van der Waals surface area contributed by atoms with E-state index in [1.165, 1.54) is 24.2 Å². The van der Waals surface area contributed by atoms with Crippen LogP contribution in [0.5, 0.6) is 0 Å². The van der Waals surface area contributed by atoms with Gasteiger partial charge in [-0.2, -0.15) is 0 Å². The largest absolute Gasteiger partial charge is 0.382 e. The van der Waals surface area contributed by atoms with Crippen LogP contribution < -0.4 is 11.1 Å². The molecule has 1 heterocycles. The molecule has 0 saturated heterocycles. The monoisotopic (exact) mass is 282 g/mol. The van der Waals surface area contributed by atoms with Crippen LogP contribution in [0.3, 0.4) is 0 Å². The van der Waals surface area contributed by atoms with E-state index in [4.69, 9.17) is 5.73 Å². The first-order valence-corrected chi connectivity index (χ1v) is 7.72. The van der Waals surface area contributed by atoms with Gasteiger partial charge >= 0.3 is 0 Å². The molecule has 0 aliphatic heterocycles. The molecule has 1 unspecified atom stereocenters. The summed E-state index contributed by atoms with van der Waals surface area (Å²) >= 11 is 1.37. The van der Waals surface area contributed by atoms with Gasteiger partial charge in [0.15, 0.2) is 5.13 Å². The fourth-order valence-electron chi connectivity index (χ4n) is 1.96. The van der Waals surface area contributed by atoms with Gasteiger partial charge in [0.1, 0.15) is 10.7 Å². The average molecular weight is 282 g/mol. The summed E-state index contributed by atoms with van der Waals surface area (Å²) in [5.41, 5.74) is 5.88. The van der Waals surface area contributed by atoms with Crippen molar-refractivity contribution < 1.29 is 4.79 Å². The number of nitrogens with zero attached hydrogens (tertiary/aromatic N) is 2. The lowest BCUT2D eigenvalue weighted by atomic mass is 10.2. The van der Waals surface area contributed by atoms with Crippen LogP contribution in [0.25, 0.3) is 0 Å². The molecule has 19 heavy (non-hydrogen) atoms. The Balaban J connectivity index is 2.14. The summed E-state index contributed by atoms with van der Waals surface area (Å²) in [6, 6.07) is 0.740. The van der Waals surface area contributed by atoms with E-state index < -0.39 is 0 Å². The highest BCUT2D eigenvalue weighted by atomic mass is 32.1. The lowest BCUT2D eigenvalue weighted by Gasteiger charge is -2.26. The van der Waals surface area contributed by atoms with Crippen LogP contribution in [-0.2, 0) is 0 Å². The average Bonchev–Trinajstić information content (AvgIpc) is 3.12. The van der Waals surface area contributed by atoms with Crippen molar-refractivity contribution in [1.82, 2.24) is 9.88 Å². The van der Waals surface area contributed by atoms with E-state index in [-0.39, 0.29) is 11.9 Å².